The molecule has 6 nitrogen and oxygen atoms in total. The summed E-state index contributed by atoms with van der Waals surface area (Å²) in [6.07, 6.45) is -4.48. The molecule has 0 unspecified atom stereocenters. The summed E-state index contributed by atoms with van der Waals surface area (Å²) in [5, 5.41) is 2.19. The lowest BCUT2D eigenvalue weighted by molar-refractivity contribution is -0.137. The third-order valence-electron chi connectivity index (χ3n) is 5.01. The zero-order valence-electron chi connectivity index (χ0n) is 16.7. The van der Waals surface area contributed by atoms with Crippen LogP contribution in [0.4, 0.5) is 27.6 Å². The van der Waals surface area contributed by atoms with Gasteiger partial charge in [0.25, 0.3) is 5.91 Å². The van der Waals surface area contributed by atoms with Crippen LogP contribution in [0.1, 0.15) is 15.9 Å². The fourth-order valence-electron chi connectivity index (χ4n) is 3.33. The maximum atomic E-state index is 13.6. The molecule has 0 spiro atoms. The fraction of sp³-hybridized carbons (Fsp3) is 0.350. The topological polar surface area (TPSA) is 69.7 Å². The number of carbonyl (C=O) groups is 1. The van der Waals surface area contributed by atoms with Crippen LogP contribution in [0.2, 0.25) is 0 Å². The molecule has 2 aromatic rings. The minimum atomic E-state index is -4.48. The molecule has 1 aliphatic heterocycles. The van der Waals surface area contributed by atoms with Gasteiger partial charge >= 0.3 is 6.18 Å². The first kappa shape index (κ1) is 23.9. The second-order valence-electron chi connectivity index (χ2n) is 7.10. The molecular weight excluding hydrogens is 457 g/mol. The summed E-state index contributed by atoms with van der Waals surface area (Å²) in [6, 6.07) is 7.73. The number of anilines is 1. The predicted octanol–water partition coefficient (Wildman–Crippen LogP) is 2.87. The number of amides is 1. The van der Waals surface area contributed by atoms with Gasteiger partial charge in [-0.15, -0.1) is 0 Å². The Hall–Kier alpha value is -2.73. The van der Waals surface area contributed by atoms with Crippen molar-refractivity contribution < 1.29 is 35.2 Å². The third kappa shape index (κ3) is 5.54. The van der Waals surface area contributed by atoms with Crippen molar-refractivity contribution in [3.63, 3.8) is 0 Å². The highest BCUT2D eigenvalue weighted by Crippen LogP contribution is 2.32. The standard InChI is InChI=1S/C20H20F5N3O3S/c21-16-5-2-6-17(22)18(16)19(29)26-7-12-32(30,31)28-10-8-27(9-11-28)15-4-1-3-14(13-15)20(23,24)25/h1-6,13H,7-12H2,(H,26,29). The van der Waals surface area contributed by atoms with Crippen LogP contribution in [-0.4, -0.2) is 57.1 Å². The van der Waals surface area contributed by atoms with Crippen LogP contribution in [0, 0.1) is 11.6 Å². The van der Waals surface area contributed by atoms with Gasteiger partial charge in [0.05, 0.1) is 11.3 Å². The number of halogens is 5. The summed E-state index contributed by atoms with van der Waals surface area (Å²) in [5.74, 6) is -3.67. The molecule has 0 aliphatic carbocycles. The van der Waals surface area contributed by atoms with Crippen LogP contribution >= 0.6 is 0 Å². The Labute approximate surface area is 181 Å². The Morgan fingerprint density at radius 3 is 2.16 bits per heavy atom. The number of carbonyl (C=O) groups excluding carboxylic acids is 1. The molecule has 2 aromatic carbocycles. The van der Waals surface area contributed by atoms with E-state index in [9.17, 15) is 35.2 Å². The van der Waals surface area contributed by atoms with Gasteiger partial charge in [0, 0.05) is 38.4 Å². The summed E-state index contributed by atoms with van der Waals surface area (Å²) < 4.78 is 92.2. The SMILES string of the molecule is O=C(NCCS(=O)(=O)N1CCN(c2cccc(C(F)(F)F)c2)CC1)c1c(F)cccc1F. The second kappa shape index (κ2) is 9.41. The average Bonchev–Trinajstić information content (AvgIpc) is 2.73. The largest absolute Gasteiger partial charge is 0.416 e. The molecule has 3 rings (SSSR count). The van der Waals surface area contributed by atoms with Crippen molar-refractivity contribution in [2.24, 2.45) is 0 Å². The van der Waals surface area contributed by atoms with Crippen molar-refractivity contribution in [1.29, 1.82) is 0 Å². The van der Waals surface area contributed by atoms with E-state index in [1.54, 1.807) is 4.90 Å². The van der Waals surface area contributed by atoms with Crippen molar-refractivity contribution in [2.45, 2.75) is 6.18 Å². The van der Waals surface area contributed by atoms with Gasteiger partial charge in [-0.1, -0.05) is 12.1 Å². The molecule has 1 amide bonds. The lowest BCUT2D eigenvalue weighted by atomic mass is 10.1. The van der Waals surface area contributed by atoms with Gasteiger partial charge in [-0.05, 0) is 30.3 Å². The molecule has 1 aliphatic rings. The number of piperazine rings is 1. The lowest BCUT2D eigenvalue weighted by Crippen LogP contribution is -2.50. The summed E-state index contributed by atoms with van der Waals surface area (Å²) in [7, 11) is -3.79. The monoisotopic (exact) mass is 477 g/mol. The van der Waals surface area contributed by atoms with Gasteiger partial charge in [0.15, 0.2) is 0 Å². The lowest BCUT2D eigenvalue weighted by Gasteiger charge is -2.35. The molecule has 0 saturated carbocycles. The van der Waals surface area contributed by atoms with Crippen LogP contribution in [0.5, 0.6) is 0 Å². The van der Waals surface area contributed by atoms with E-state index in [4.69, 9.17) is 0 Å². The van der Waals surface area contributed by atoms with Crippen LogP contribution in [-0.2, 0) is 16.2 Å². The van der Waals surface area contributed by atoms with Gasteiger partial charge < -0.3 is 10.2 Å². The van der Waals surface area contributed by atoms with E-state index in [1.807, 2.05) is 0 Å². The normalized spacial score (nSPS) is 15.6. The van der Waals surface area contributed by atoms with E-state index in [-0.39, 0.29) is 32.7 Å². The van der Waals surface area contributed by atoms with Crippen molar-refractivity contribution in [3.05, 3.63) is 65.2 Å². The molecule has 12 heteroatoms. The number of alkyl halides is 3. The number of hydrogen-bond donors (Lipinski definition) is 1. The predicted molar refractivity (Wildman–Crippen MR) is 108 cm³/mol. The number of sulfonamides is 1. The van der Waals surface area contributed by atoms with Crippen LogP contribution < -0.4 is 10.2 Å². The summed E-state index contributed by atoms with van der Waals surface area (Å²) >= 11 is 0. The highest BCUT2D eigenvalue weighted by molar-refractivity contribution is 7.89. The molecule has 0 aromatic heterocycles. The fourth-order valence-corrected chi connectivity index (χ4v) is 4.67. The summed E-state index contributed by atoms with van der Waals surface area (Å²) in [4.78, 5) is 13.6. The van der Waals surface area contributed by atoms with E-state index in [0.29, 0.717) is 5.69 Å². The maximum absolute atomic E-state index is 13.6. The van der Waals surface area contributed by atoms with Crippen molar-refractivity contribution in [1.82, 2.24) is 9.62 Å². The van der Waals surface area contributed by atoms with Gasteiger partial charge in [-0.3, -0.25) is 4.79 Å². The highest BCUT2D eigenvalue weighted by atomic mass is 32.2. The summed E-state index contributed by atoms with van der Waals surface area (Å²) in [5.41, 5.74) is -1.23. The van der Waals surface area contributed by atoms with E-state index in [2.05, 4.69) is 5.32 Å². The van der Waals surface area contributed by atoms with Gasteiger partial charge in [0.1, 0.15) is 17.2 Å². The molecule has 1 fully saturated rings. The first-order valence-corrected chi connectivity index (χ1v) is 11.2. The quantitative estimate of drug-likeness (QED) is 0.650. The Morgan fingerprint density at radius 1 is 0.969 bits per heavy atom. The zero-order valence-corrected chi connectivity index (χ0v) is 17.5. The van der Waals surface area contributed by atoms with Gasteiger partial charge in [-0.2, -0.15) is 17.5 Å². The number of nitrogens with one attached hydrogen (secondary N) is 1. The minimum Gasteiger partial charge on any atom is -0.369 e. The Morgan fingerprint density at radius 2 is 1.56 bits per heavy atom. The number of nitrogens with zero attached hydrogens (tertiary/aromatic N) is 2. The molecule has 1 saturated heterocycles. The molecule has 1 heterocycles. The minimum absolute atomic E-state index is 0.0501. The summed E-state index contributed by atoms with van der Waals surface area (Å²) in [6.45, 7) is 0.117. The Bertz CT molecular complexity index is 1060. The maximum Gasteiger partial charge on any atom is 0.416 e. The van der Waals surface area contributed by atoms with E-state index in [0.717, 1.165) is 30.3 Å². The highest BCUT2D eigenvalue weighted by Gasteiger charge is 2.32. The van der Waals surface area contributed by atoms with Crippen LogP contribution in [0.15, 0.2) is 42.5 Å². The Kier molecular flexibility index (Phi) is 7.03. The van der Waals surface area contributed by atoms with Crippen LogP contribution in [0.25, 0.3) is 0 Å². The molecular formula is C20H20F5N3O3S. The van der Waals surface area contributed by atoms with Crippen molar-refractivity contribution in [3.8, 4) is 0 Å². The molecule has 174 valence electrons. The van der Waals surface area contributed by atoms with Gasteiger partial charge in [0.2, 0.25) is 10.0 Å². The number of benzene rings is 2. The van der Waals surface area contributed by atoms with E-state index in [1.165, 1.54) is 16.4 Å². The van der Waals surface area contributed by atoms with Crippen LogP contribution in [0.3, 0.4) is 0 Å². The number of rotatable bonds is 6. The zero-order chi connectivity index (χ0) is 23.5. The van der Waals surface area contributed by atoms with Gasteiger partial charge in [-0.25, -0.2) is 17.2 Å². The Balaban J connectivity index is 1.54. The van der Waals surface area contributed by atoms with Crippen molar-refractivity contribution >= 4 is 21.6 Å². The first-order valence-electron chi connectivity index (χ1n) is 9.61. The second-order valence-corrected chi connectivity index (χ2v) is 9.19. The van der Waals surface area contributed by atoms with Crippen molar-refractivity contribution in [2.75, 3.05) is 43.4 Å². The molecule has 32 heavy (non-hydrogen) atoms. The number of hydrogen-bond acceptors (Lipinski definition) is 4. The van der Waals surface area contributed by atoms with E-state index >= 15 is 0 Å². The third-order valence-corrected chi connectivity index (χ3v) is 6.88. The van der Waals surface area contributed by atoms with E-state index < -0.39 is 50.6 Å². The molecule has 0 bridgehead atoms. The molecule has 0 atom stereocenters. The molecule has 0 radical (unpaired) electrons. The molecule has 1 N–H and O–H groups in total. The average molecular weight is 477 g/mol. The first-order chi connectivity index (χ1) is 15.0. The smallest absolute Gasteiger partial charge is 0.369 e.